The predicted molar refractivity (Wildman–Crippen MR) is 370 cm³/mol. The molecule has 0 radical (unpaired) electrons. The average molecular weight is 1380 g/mol. The number of piperidine rings is 1. The largest absolute Gasteiger partial charge is 0.391 e. The molecule has 5 fully saturated rings. The highest BCUT2D eigenvalue weighted by atomic mass is 16.3. The molecule has 0 unspecified atom stereocenters. The van der Waals surface area contributed by atoms with Crippen LogP contribution in [0, 0.1) is 17.8 Å². The number of amides is 13. The minimum atomic E-state index is -1.65. The lowest BCUT2D eigenvalue weighted by molar-refractivity contribution is -0.173. The molecule has 0 spiro atoms. The summed E-state index contributed by atoms with van der Waals surface area (Å²) in [6.07, 6.45) is 1.06. The number of nitrogens with zero attached hydrogens (tertiary/aromatic N) is 8. The fraction of sp³-hybridized carbons (Fsp3) is 0.653. The summed E-state index contributed by atoms with van der Waals surface area (Å²) < 4.78 is 0. The number of fused-ring (bicyclic) bond motifs is 30. The van der Waals surface area contributed by atoms with Crippen molar-refractivity contribution in [3.8, 4) is 0 Å². The van der Waals surface area contributed by atoms with E-state index in [4.69, 9.17) is 0 Å². The van der Waals surface area contributed by atoms with E-state index in [0.29, 0.717) is 43.5 Å². The summed E-state index contributed by atoms with van der Waals surface area (Å²) in [6, 6.07) is 2.83. The lowest BCUT2D eigenvalue weighted by Crippen LogP contribution is -2.75. The molecule has 2 bridgehead atoms. The number of aliphatic hydroxyl groups is 1. The maximum atomic E-state index is 15.4. The minimum absolute atomic E-state index is 0.00736. The van der Waals surface area contributed by atoms with Gasteiger partial charge in [-0.1, -0.05) is 109 Å². The molecule has 546 valence electrons. The number of rotatable bonds is 13. The summed E-state index contributed by atoms with van der Waals surface area (Å²) in [7, 11) is 6.95. The van der Waals surface area contributed by atoms with Crippen molar-refractivity contribution < 1.29 is 67.4 Å². The molecule has 5 aliphatic heterocycles. The number of likely N-dealkylation sites (tertiary alicyclic amines) is 1. The van der Waals surface area contributed by atoms with E-state index in [-0.39, 0.29) is 69.2 Å². The maximum Gasteiger partial charge on any atom is 0.248 e. The van der Waals surface area contributed by atoms with Gasteiger partial charge in [0.2, 0.25) is 76.8 Å². The summed E-state index contributed by atoms with van der Waals surface area (Å²) >= 11 is 0. The summed E-state index contributed by atoms with van der Waals surface area (Å²) in [4.78, 5) is 201. The van der Waals surface area contributed by atoms with Gasteiger partial charge in [-0.3, -0.25) is 62.3 Å². The number of hydrogen-bond donors (Lipinski definition) is 6. The van der Waals surface area contributed by atoms with Gasteiger partial charge in [-0.15, -0.1) is 0 Å². The third kappa shape index (κ3) is 20.1. The van der Waals surface area contributed by atoms with Crippen molar-refractivity contribution in [1.29, 1.82) is 0 Å². The highest BCUT2D eigenvalue weighted by Crippen LogP contribution is 2.33. The lowest BCUT2D eigenvalue weighted by Gasteiger charge is -2.53. The summed E-state index contributed by atoms with van der Waals surface area (Å²) in [5.41, 5.74) is 1.31. The van der Waals surface area contributed by atoms with Crippen LogP contribution in [0.2, 0.25) is 0 Å². The third-order valence-corrected chi connectivity index (χ3v) is 19.8. The number of hydrogen-bond acceptors (Lipinski definition) is 14. The Morgan fingerprint density at radius 3 is 1.61 bits per heavy atom. The fourth-order valence-electron chi connectivity index (χ4n) is 13.6. The number of nitrogens with one attached hydrogen (secondary N) is 5. The van der Waals surface area contributed by atoms with Crippen LogP contribution in [0.1, 0.15) is 145 Å². The van der Waals surface area contributed by atoms with Gasteiger partial charge in [0, 0.05) is 67.7 Å². The first-order valence-corrected chi connectivity index (χ1v) is 35.2. The number of carbonyl (C=O) groups excluding carboxylic acids is 13. The Labute approximate surface area is 583 Å². The Morgan fingerprint density at radius 2 is 1.05 bits per heavy atom. The number of likely N-dealkylation sites (N-methyl/N-ethyl adjacent to an activating group) is 5. The molecular formula is C72H109N13O14. The standard InChI is InChI=1S/C72H109N13O14/c1-16-53-61-72(99)85(53)57(39-49-29-22-18-23-30-49)70(97)80(13)55(37-44(6)7)66(93)74-50(35-42(2)3)63(90)76-52(69(96)83-32-24-19-25-33-83)40-58(87)78(11)45(8)62(89)75-51(36-43(4)5)68(95)79(12)46(9)67(94)84-34-26-31-54(84)65(92)77-60(47(10)86)71(98)81(14)56(38-48-27-20-17-21-28-48)64(91)73-41-59(88)82(61)15/h17-18,20-23,27-30,42-47,50-57,60-61,86H,16,19,24-26,31-41H2,1-15H3,(H,73,91)(H,74,93)(H,75,89)(H,76,90)(H,77,92)/t45-,46+,47-,50+,51+,52+,53+,54+,55+,56+,57+,60+,61+/m1/s1. The normalized spacial score (nSPS) is 27.8. The fourth-order valence-corrected chi connectivity index (χ4v) is 13.6. The molecule has 0 aromatic heterocycles. The van der Waals surface area contributed by atoms with Crippen LogP contribution in [0.4, 0.5) is 0 Å². The van der Waals surface area contributed by atoms with Gasteiger partial charge in [-0.2, -0.15) is 0 Å². The molecule has 7 rings (SSSR count). The molecule has 13 atom stereocenters. The van der Waals surface area contributed by atoms with Gasteiger partial charge in [-0.05, 0) is 107 Å². The quantitative estimate of drug-likeness (QED) is 0.123. The monoisotopic (exact) mass is 1380 g/mol. The van der Waals surface area contributed by atoms with Crippen molar-refractivity contribution in [3.63, 3.8) is 0 Å². The Morgan fingerprint density at radius 1 is 0.505 bits per heavy atom. The van der Waals surface area contributed by atoms with Crippen LogP contribution in [0.5, 0.6) is 0 Å². The van der Waals surface area contributed by atoms with E-state index in [1.54, 1.807) is 72.5 Å². The van der Waals surface area contributed by atoms with Gasteiger partial charge >= 0.3 is 0 Å². The van der Waals surface area contributed by atoms with Crippen LogP contribution in [-0.2, 0) is 75.2 Å². The lowest BCUT2D eigenvalue weighted by atomic mass is 9.86. The molecule has 6 N–H and O–H groups in total. The zero-order chi connectivity index (χ0) is 73.4. The van der Waals surface area contributed by atoms with Crippen LogP contribution in [0.15, 0.2) is 60.7 Å². The Bertz CT molecular complexity index is 3200. The molecule has 5 saturated heterocycles. The van der Waals surface area contributed by atoms with Crippen molar-refractivity contribution in [3.05, 3.63) is 71.8 Å². The van der Waals surface area contributed by atoms with E-state index in [9.17, 15) is 57.8 Å². The second kappa shape index (κ2) is 36.0. The van der Waals surface area contributed by atoms with Gasteiger partial charge in [-0.25, -0.2) is 0 Å². The second-order valence-corrected chi connectivity index (χ2v) is 28.6. The second-order valence-electron chi connectivity index (χ2n) is 28.6. The van der Waals surface area contributed by atoms with Crippen LogP contribution >= 0.6 is 0 Å². The molecule has 0 aliphatic carbocycles. The first kappa shape index (κ1) is 79.5. The van der Waals surface area contributed by atoms with Gasteiger partial charge in [0.05, 0.1) is 25.1 Å². The molecule has 5 aliphatic rings. The first-order valence-electron chi connectivity index (χ1n) is 35.2. The van der Waals surface area contributed by atoms with E-state index in [2.05, 4.69) is 26.6 Å². The van der Waals surface area contributed by atoms with Crippen LogP contribution in [-0.4, -0.2) is 261 Å². The highest BCUT2D eigenvalue weighted by Gasteiger charge is 2.55. The molecule has 99 heavy (non-hydrogen) atoms. The molecule has 2 aromatic rings. The average Bonchev–Trinajstić information content (AvgIpc) is 0.854. The minimum Gasteiger partial charge on any atom is -0.391 e. The zero-order valence-corrected chi connectivity index (χ0v) is 60.7. The molecule has 27 nitrogen and oxygen atoms in total. The molecular weight excluding hydrogens is 1270 g/mol. The van der Waals surface area contributed by atoms with Gasteiger partial charge < -0.3 is 70.9 Å². The molecule has 0 saturated carbocycles. The highest BCUT2D eigenvalue weighted by molar-refractivity contribution is 6.02. The van der Waals surface area contributed by atoms with E-state index in [0.717, 1.165) is 16.2 Å². The number of carbonyl (C=O) groups is 13. The third-order valence-electron chi connectivity index (χ3n) is 19.8. The van der Waals surface area contributed by atoms with Crippen molar-refractivity contribution in [2.24, 2.45) is 17.8 Å². The van der Waals surface area contributed by atoms with Crippen LogP contribution < -0.4 is 26.6 Å². The topological polar surface area (TPSA) is 328 Å². The Kier molecular flexibility index (Phi) is 28.9. The van der Waals surface area contributed by atoms with Crippen LogP contribution in [0.25, 0.3) is 0 Å². The Balaban J connectivity index is 1.41. The van der Waals surface area contributed by atoms with E-state index in [1.807, 2.05) is 41.5 Å². The first-order chi connectivity index (χ1) is 46.7. The van der Waals surface area contributed by atoms with Gasteiger partial charge in [0.25, 0.3) is 0 Å². The number of β-lactam (4-membered cyclic amide) rings is 1. The molecule has 5 heterocycles. The Hall–Kier alpha value is -8.49. The van der Waals surface area contributed by atoms with Gasteiger partial charge in [0.1, 0.15) is 66.5 Å². The molecule has 27 heteroatoms. The number of benzene rings is 2. The van der Waals surface area contributed by atoms with Crippen molar-refractivity contribution >= 4 is 76.8 Å². The molecule has 2 aromatic carbocycles. The van der Waals surface area contributed by atoms with Crippen molar-refractivity contribution in [2.45, 2.75) is 225 Å². The van der Waals surface area contributed by atoms with Crippen molar-refractivity contribution in [2.75, 3.05) is 61.4 Å². The summed E-state index contributed by atoms with van der Waals surface area (Å²) in [5.74, 6) is -9.65. The van der Waals surface area contributed by atoms with Gasteiger partial charge in [0.15, 0.2) is 0 Å². The van der Waals surface area contributed by atoms with Crippen molar-refractivity contribution in [1.82, 2.24) is 65.8 Å². The zero-order valence-electron chi connectivity index (χ0n) is 60.7. The van der Waals surface area contributed by atoms with E-state index in [1.165, 1.54) is 80.5 Å². The van der Waals surface area contributed by atoms with E-state index >= 15 is 9.59 Å². The van der Waals surface area contributed by atoms with E-state index < -0.39 is 168 Å². The summed E-state index contributed by atoms with van der Waals surface area (Å²) in [5, 5.41) is 25.0. The van der Waals surface area contributed by atoms with Crippen LogP contribution in [0.3, 0.4) is 0 Å². The summed E-state index contributed by atoms with van der Waals surface area (Å²) in [6.45, 7) is 17.3. The molecule has 13 amide bonds. The SMILES string of the molecule is CC[C@H]1[C@H]2C(=O)N1[C@@H](Cc1ccccc1)C(=O)N(C)[C@@H](CC(C)C)C(=O)N[C@@H](CC(C)C)C(=O)N[C@H](C(=O)N1CCCCC1)CC(=O)N(C)[C@H](C)C(=O)N[C@@H](CC(C)C)C(=O)N(C)[C@@H](C)C(=O)N1CCC[C@H]1C(=O)N[C@@H]([C@@H](C)O)C(=O)N(C)[C@@H](Cc1ccccc1)C(=O)NCC(=O)N2C. The maximum absolute atomic E-state index is 15.4. The number of aliphatic hydroxyl groups excluding tert-OH is 1. The predicted octanol–water partition coefficient (Wildman–Crippen LogP) is 1.62. The smallest absolute Gasteiger partial charge is 0.248 e.